The summed E-state index contributed by atoms with van der Waals surface area (Å²) >= 11 is 0. The fourth-order valence-corrected chi connectivity index (χ4v) is 4.14. The van der Waals surface area contributed by atoms with Crippen molar-refractivity contribution < 1.29 is 14.3 Å². The van der Waals surface area contributed by atoms with Crippen LogP contribution in [0.3, 0.4) is 0 Å². The third-order valence-corrected chi connectivity index (χ3v) is 5.41. The molecule has 6 heteroatoms. The van der Waals surface area contributed by atoms with Gasteiger partial charge in [0.05, 0.1) is 12.7 Å². The molecule has 0 spiro atoms. The Balaban J connectivity index is 0.00000169. The molecule has 4 rings (SSSR count). The average Bonchev–Trinajstić information content (AvgIpc) is 3.15. The summed E-state index contributed by atoms with van der Waals surface area (Å²) in [7, 11) is 1.62. The zero-order valence-corrected chi connectivity index (χ0v) is 14.6. The van der Waals surface area contributed by atoms with Crippen molar-refractivity contribution >= 4 is 24.4 Å². The molecule has 0 bridgehead atoms. The summed E-state index contributed by atoms with van der Waals surface area (Å²) < 4.78 is 11.1. The van der Waals surface area contributed by atoms with E-state index in [1.165, 1.54) is 0 Å². The Labute approximate surface area is 148 Å². The van der Waals surface area contributed by atoms with Crippen molar-refractivity contribution in [3.8, 4) is 11.5 Å². The minimum atomic E-state index is 0. The monoisotopic (exact) mass is 350 g/mol. The van der Waals surface area contributed by atoms with E-state index in [-0.39, 0.29) is 24.4 Å². The summed E-state index contributed by atoms with van der Waals surface area (Å²) in [5.41, 5.74) is 7.77. The molecule has 3 atom stereocenters. The van der Waals surface area contributed by atoms with Gasteiger partial charge in [-0.25, -0.2) is 0 Å². The molecule has 130 valence electrons. The minimum absolute atomic E-state index is 0. The van der Waals surface area contributed by atoms with Crippen molar-refractivity contribution in [1.82, 2.24) is 4.90 Å². The van der Waals surface area contributed by atoms with E-state index in [4.69, 9.17) is 15.2 Å². The third-order valence-electron chi connectivity index (χ3n) is 5.41. The van der Waals surface area contributed by atoms with Crippen LogP contribution >= 0.6 is 12.4 Å². The molecule has 1 aliphatic carbocycles. The van der Waals surface area contributed by atoms with Crippen LogP contribution in [-0.2, 0) is 4.79 Å². The van der Waals surface area contributed by atoms with Crippen molar-refractivity contribution in [3.63, 3.8) is 0 Å². The number of methoxy groups -OCH3 is 1. The molecule has 24 heavy (non-hydrogen) atoms. The number of nitrogens with two attached hydrogens (primary N) is 1. The molecule has 5 nitrogen and oxygen atoms in total. The maximum absolute atomic E-state index is 12.8. The molecular weight excluding hydrogens is 328 g/mol. The SMILES string of the molecule is COc1cccc2c1OCC(C(=O)N1CC3CCC(N)C3C1)=C2.Cl. The molecule has 2 fully saturated rings. The quantitative estimate of drug-likeness (QED) is 0.887. The molecule has 1 saturated heterocycles. The van der Waals surface area contributed by atoms with Crippen molar-refractivity contribution in [3.05, 3.63) is 29.3 Å². The number of ether oxygens (including phenoxy) is 2. The van der Waals surface area contributed by atoms with Gasteiger partial charge in [0.25, 0.3) is 5.91 Å². The van der Waals surface area contributed by atoms with Gasteiger partial charge in [-0.15, -0.1) is 12.4 Å². The van der Waals surface area contributed by atoms with Gasteiger partial charge in [0.15, 0.2) is 11.5 Å². The van der Waals surface area contributed by atoms with Gasteiger partial charge in [0.1, 0.15) is 6.61 Å². The maximum atomic E-state index is 12.8. The zero-order chi connectivity index (χ0) is 16.0. The van der Waals surface area contributed by atoms with Crippen molar-refractivity contribution in [2.75, 3.05) is 26.8 Å². The van der Waals surface area contributed by atoms with E-state index in [1.54, 1.807) is 7.11 Å². The second-order valence-corrected chi connectivity index (χ2v) is 6.71. The molecule has 3 aliphatic rings. The summed E-state index contributed by atoms with van der Waals surface area (Å²) in [6.45, 7) is 1.91. The van der Waals surface area contributed by atoms with Gasteiger partial charge in [0, 0.05) is 24.7 Å². The first-order valence-electron chi connectivity index (χ1n) is 8.22. The number of benzene rings is 1. The smallest absolute Gasteiger partial charge is 0.253 e. The molecular formula is C18H23ClN2O3. The van der Waals surface area contributed by atoms with Gasteiger partial charge in [0.2, 0.25) is 0 Å². The molecule has 3 unspecified atom stereocenters. The maximum Gasteiger partial charge on any atom is 0.253 e. The van der Waals surface area contributed by atoms with Gasteiger partial charge in [-0.1, -0.05) is 12.1 Å². The highest BCUT2D eigenvalue weighted by atomic mass is 35.5. The number of amides is 1. The first kappa shape index (κ1) is 17.1. The Hall–Kier alpha value is -1.72. The number of hydrogen-bond acceptors (Lipinski definition) is 4. The summed E-state index contributed by atoms with van der Waals surface area (Å²) in [5.74, 6) is 2.54. The van der Waals surface area contributed by atoms with E-state index in [9.17, 15) is 4.79 Å². The highest BCUT2D eigenvalue weighted by molar-refractivity contribution is 5.99. The zero-order valence-electron chi connectivity index (χ0n) is 13.7. The Bertz CT molecular complexity index is 676. The molecule has 1 saturated carbocycles. The number of halogens is 1. The lowest BCUT2D eigenvalue weighted by atomic mass is 9.98. The second-order valence-electron chi connectivity index (χ2n) is 6.71. The van der Waals surface area contributed by atoms with Crippen LogP contribution in [-0.4, -0.2) is 43.7 Å². The number of fused-ring (bicyclic) bond motifs is 2. The summed E-state index contributed by atoms with van der Waals surface area (Å²) in [5, 5.41) is 0. The van der Waals surface area contributed by atoms with E-state index in [0.29, 0.717) is 35.5 Å². The standard InChI is InChI=1S/C18H22N2O3.ClH/c1-22-16-4-2-3-11-7-13(10-23-17(11)16)18(21)20-8-12-5-6-15(19)14(12)9-20;/h2-4,7,12,14-15H,5-6,8-10,19H2,1H3;1H. The van der Waals surface area contributed by atoms with Crippen LogP contribution in [0.15, 0.2) is 23.8 Å². The van der Waals surface area contributed by atoms with Crippen LogP contribution in [0.2, 0.25) is 0 Å². The van der Waals surface area contributed by atoms with Crippen LogP contribution in [0.25, 0.3) is 6.08 Å². The number of likely N-dealkylation sites (tertiary alicyclic amines) is 1. The largest absolute Gasteiger partial charge is 0.493 e. The lowest BCUT2D eigenvalue weighted by Gasteiger charge is -2.24. The number of hydrogen-bond donors (Lipinski definition) is 1. The molecule has 2 N–H and O–H groups in total. The van der Waals surface area contributed by atoms with Crippen LogP contribution in [0.5, 0.6) is 11.5 Å². The summed E-state index contributed by atoms with van der Waals surface area (Å²) in [6, 6.07) is 5.96. The van der Waals surface area contributed by atoms with E-state index in [0.717, 1.165) is 31.5 Å². The molecule has 1 aromatic carbocycles. The molecule has 0 radical (unpaired) electrons. The Morgan fingerprint density at radius 3 is 2.92 bits per heavy atom. The number of para-hydroxylation sites is 1. The van der Waals surface area contributed by atoms with Crippen LogP contribution in [0.1, 0.15) is 18.4 Å². The summed E-state index contributed by atoms with van der Waals surface area (Å²) in [4.78, 5) is 14.8. The third kappa shape index (κ3) is 2.76. The van der Waals surface area contributed by atoms with Crippen LogP contribution < -0.4 is 15.2 Å². The van der Waals surface area contributed by atoms with E-state index in [1.807, 2.05) is 29.2 Å². The number of rotatable bonds is 2. The molecule has 2 aliphatic heterocycles. The minimum Gasteiger partial charge on any atom is -0.493 e. The topological polar surface area (TPSA) is 64.8 Å². The lowest BCUT2D eigenvalue weighted by molar-refractivity contribution is -0.126. The first-order valence-corrected chi connectivity index (χ1v) is 8.22. The van der Waals surface area contributed by atoms with Crippen molar-refractivity contribution in [2.24, 2.45) is 17.6 Å². The number of carbonyl (C=O) groups is 1. The molecule has 2 heterocycles. The Kier molecular flexibility index (Phi) is 4.74. The Morgan fingerprint density at radius 2 is 2.17 bits per heavy atom. The van der Waals surface area contributed by atoms with Crippen molar-refractivity contribution in [1.29, 1.82) is 0 Å². The fraction of sp³-hybridized carbons (Fsp3) is 0.500. The predicted molar refractivity (Wildman–Crippen MR) is 94.5 cm³/mol. The van der Waals surface area contributed by atoms with Gasteiger partial charge < -0.3 is 20.1 Å². The molecule has 0 aromatic heterocycles. The van der Waals surface area contributed by atoms with E-state index < -0.39 is 0 Å². The highest BCUT2D eigenvalue weighted by Gasteiger charge is 2.43. The van der Waals surface area contributed by atoms with Gasteiger partial charge >= 0.3 is 0 Å². The Morgan fingerprint density at radius 1 is 1.33 bits per heavy atom. The van der Waals surface area contributed by atoms with E-state index >= 15 is 0 Å². The predicted octanol–water partition coefficient (Wildman–Crippen LogP) is 2.09. The average molecular weight is 351 g/mol. The molecule has 1 amide bonds. The van der Waals surface area contributed by atoms with Crippen molar-refractivity contribution in [2.45, 2.75) is 18.9 Å². The van der Waals surface area contributed by atoms with Crippen LogP contribution in [0.4, 0.5) is 0 Å². The normalized spacial score (nSPS) is 27.5. The second kappa shape index (κ2) is 6.65. The van der Waals surface area contributed by atoms with Gasteiger partial charge in [-0.05, 0) is 36.8 Å². The van der Waals surface area contributed by atoms with Crippen LogP contribution in [0, 0.1) is 11.8 Å². The number of carbonyl (C=O) groups excluding carboxylic acids is 1. The van der Waals surface area contributed by atoms with Gasteiger partial charge in [-0.3, -0.25) is 4.79 Å². The summed E-state index contributed by atoms with van der Waals surface area (Å²) in [6.07, 6.45) is 4.17. The fourth-order valence-electron chi connectivity index (χ4n) is 4.14. The first-order chi connectivity index (χ1) is 11.2. The lowest BCUT2D eigenvalue weighted by Crippen LogP contribution is -2.35. The highest BCUT2D eigenvalue weighted by Crippen LogP contribution is 2.39. The molecule has 1 aromatic rings. The van der Waals surface area contributed by atoms with E-state index in [2.05, 4.69) is 0 Å². The van der Waals surface area contributed by atoms with Gasteiger partial charge in [-0.2, -0.15) is 0 Å². The number of nitrogens with zero attached hydrogens (tertiary/aromatic N) is 1.